The number of aromatic nitrogens is 1. The van der Waals surface area contributed by atoms with Crippen molar-refractivity contribution in [2.75, 3.05) is 13.1 Å². The Balaban J connectivity index is 1.42. The summed E-state index contributed by atoms with van der Waals surface area (Å²) in [5.41, 5.74) is 0.860. The summed E-state index contributed by atoms with van der Waals surface area (Å²) in [5, 5.41) is 5.43. The van der Waals surface area contributed by atoms with Gasteiger partial charge in [-0.05, 0) is 45.2 Å². The second-order valence-electron chi connectivity index (χ2n) is 7.75. The van der Waals surface area contributed by atoms with E-state index in [1.54, 1.807) is 0 Å². The van der Waals surface area contributed by atoms with Crippen LogP contribution in [0.1, 0.15) is 49.2 Å². The van der Waals surface area contributed by atoms with Crippen LogP contribution in [-0.2, 0) is 0 Å². The lowest BCUT2D eigenvalue weighted by molar-refractivity contribution is 0.0929. The number of para-hydroxylation sites is 1. The average Bonchev–Trinajstić information content (AvgIpc) is 3.13. The first kappa shape index (κ1) is 19.6. The highest BCUT2D eigenvalue weighted by molar-refractivity contribution is 7.21. The van der Waals surface area contributed by atoms with E-state index in [0.717, 1.165) is 34.0 Å². The standard InChI is InChI=1S/C22H26ClN3OS/c1-14-7-5-8-15(2)26(14)12-6-11-24-22(27)19-13-17-20(28-19)16-9-3-4-10-18(16)25-21(17)23/h3-4,9-10,13-15H,5-8,11-12H2,1-2H3,(H,24,27)/t14-,15-/m0/s1. The highest BCUT2D eigenvalue weighted by atomic mass is 35.5. The predicted octanol–water partition coefficient (Wildman–Crippen LogP) is 5.49. The van der Waals surface area contributed by atoms with Gasteiger partial charge in [0, 0.05) is 40.6 Å². The van der Waals surface area contributed by atoms with E-state index in [-0.39, 0.29) is 5.91 Å². The first-order chi connectivity index (χ1) is 13.5. The largest absolute Gasteiger partial charge is 0.351 e. The van der Waals surface area contributed by atoms with Gasteiger partial charge in [-0.3, -0.25) is 9.69 Å². The molecule has 1 amide bonds. The van der Waals surface area contributed by atoms with Crippen molar-refractivity contribution in [3.63, 3.8) is 0 Å². The van der Waals surface area contributed by atoms with Crippen molar-refractivity contribution in [3.05, 3.63) is 40.4 Å². The van der Waals surface area contributed by atoms with Crippen LogP contribution in [0.5, 0.6) is 0 Å². The number of rotatable bonds is 5. The van der Waals surface area contributed by atoms with Crippen LogP contribution >= 0.6 is 22.9 Å². The summed E-state index contributed by atoms with van der Waals surface area (Å²) in [6.07, 6.45) is 4.85. The molecule has 6 heteroatoms. The molecule has 1 N–H and O–H groups in total. The van der Waals surface area contributed by atoms with Gasteiger partial charge < -0.3 is 5.32 Å². The number of likely N-dealkylation sites (tertiary alicyclic amines) is 1. The van der Waals surface area contributed by atoms with Gasteiger partial charge in [-0.2, -0.15) is 0 Å². The summed E-state index contributed by atoms with van der Waals surface area (Å²) >= 11 is 7.84. The summed E-state index contributed by atoms with van der Waals surface area (Å²) in [6, 6.07) is 11.1. The number of nitrogens with one attached hydrogen (secondary N) is 1. The van der Waals surface area contributed by atoms with E-state index in [0.29, 0.717) is 28.7 Å². The summed E-state index contributed by atoms with van der Waals surface area (Å²) in [4.78, 5) is 20.4. The Morgan fingerprint density at radius 1 is 1.25 bits per heavy atom. The summed E-state index contributed by atoms with van der Waals surface area (Å²) in [7, 11) is 0. The lowest BCUT2D eigenvalue weighted by atomic mass is 9.97. The number of nitrogens with zero attached hydrogens (tertiary/aromatic N) is 2. The van der Waals surface area contributed by atoms with Crippen molar-refractivity contribution >= 4 is 49.8 Å². The van der Waals surface area contributed by atoms with E-state index in [9.17, 15) is 4.79 Å². The van der Waals surface area contributed by atoms with Crippen LogP contribution in [0.3, 0.4) is 0 Å². The van der Waals surface area contributed by atoms with Gasteiger partial charge in [0.2, 0.25) is 0 Å². The van der Waals surface area contributed by atoms with Crippen LogP contribution in [0.15, 0.2) is 30.3 Å². The predicted molar refractivity (Wildman–Crippen MR) is 119 cm³/mol. The normalized spacial score (nSPS) is 20.7. The van der Waals surface area contributed by atoms with Crippen LogP contribution in [0.2, 0.25) is 5.15 Å². The first-order valence-corrected chi connectivity index (χ1v) is 11.3. The quantitative estimate of drug-likeness (QED) is 0.443. The molecule has 1 aliphatic rings. The minimum absolute atomic E-state index is 0.0268. The molecule has 28 heavy (non-hydrogen) atoms. The van der Waals surface area contributed by atoms with E-state index in [1.165, 1.54) is 30.6 Å². The molecule has 2 atom stereocenters. The monoisotopic (exact) mass is 415 g/mol. The third kappa shape index (κ3) is 3.88. The maximum atomic E-state index is 12.7. The Morgan fingerprint density at radius 3 is 2.79 bits per heavy atom. The van der Waals surface area contributed by atoms with Crippen molar-refractivity contribution in [2.24, 2.45) is 0 Å². The van der Waals surface area contributed by atoms with Gasteiger partial charge >= 0.3 is 0 Å². The highest BCUT2D eigenvalue weighted by Gasteiger charge is 2.24. The first-order valence-electron chi connectivity index (χ1n) is 10.1. The molecular formula is C22H26ClN3OS. The molecule has 1 aliphatic heterocycles. The number of hydrogen-bond donors (Lipinski definition) is 1. The molecule has 1 aromatic carbocycles. The number of hydrogen-bond acceptors (Lipinski definition) is 4. The van der Waals surface area contributed by atoms with E-state index >= 15 is 0 Å². The molecule has 2 aromatic heterocycles. The lowest BCUT2D eigenvalue weighted by Crippen LogP contribution is -2.44. The fourth-order valence-electron chi connectivity index (χ4n) is 4.25. The zero-order valence-electron chi connectivity index (χ0n) is 16.4. The molecule has 0 unspecified atom stereocenters. The maximum absolute atomic E-state index is 12.7. The lowest BCUT2D eigenvalue weighted by Gasteiger charge is -2.39. The minimum atomic E-state index is -0.0268. The number of fused-ring (bicyclic) bond motifs is 3. The second-order valence-corrected chi connectivity index (χ2v) is 9.16. The van der Waals surface area contributed by atoms with Crippen LogP contribution in [0.4, 0.5) is 0 Å². The maximum Gasteiger partial charge on any atom is 0.261 e. The Labute approximate surface area is 174 Å². The van der Waals surface area contributed by atoms with E-state index in [4.69, 9.17) is 11.6 Å². The highest BCUT2D eigenvalue weighted by Crippen LogP contribution is 2.35. The molecule has 0 radical (unpaired) electrons. The number of halogens is 1. The SMILES string of the molecule is C[C@H]1CCC[C@H](C)N1CCCNC(=O)c1cc2c(Cl)nc3ccccc3c2s1. The van der Waals surface area contributed by atoms with Crippen molar-refractivity contribution < 1.29 is 4.79 Å². The smallest absolute Gasteiger partial charge is 0.261 e. The van der Waals surface area contributed by atoms with Crippen LogP contribution in [0.25, 0.3) is 21.0 Å². The Hall–Kier alpha value is -1.69. The molecule has 148 valence electrons. The number of amides is 1. The topological polar surface area (TPSA) is 45.2 Å². The van der Waals surface area contributed by atoms with Crippen molar-refractivity contribution in [3.8, 4) is 0 Å². The van der Waals surface area contributed by atoms with Crippen LogP contribution < -0.4 is 5.32 Å². The molecule has 4 nitrogen and oxygen atoms in total. The van der Waals surface area contributed by atoms with E-state index < -0.39 is 0 Å². The van der Waals surface area contributed by atoms with Crippen LogP contribution in [-0.4, -0.2) is 41.0 Å². The van der Waals surface area contributed by atoms with Crippen molar-refractivity contribution in [1.82, 2.24) is 15.2 Å². The van der Waals surface area contributed by atoms with Crippen LogP contribution in [0, 0.1) is 0 Å². The van der Waals surface area contributed by atoms with Gasteiger partial charge in [0.1, 0.15) is 5.15 Å². The number of piperidine rings is 1. The minimum Gasteiger partial charge on any atom is -0.351 e. The third-order valence-electron chi connectivity index (χ3n) is 5.80. The Kier molecular flexibility index (Phi) is 5.85. The molecule has 1 fully saturated rings. The molecule has 1 saturated heterocycles. The summed E-state index contributed by atoms with van der Waals surface area (Å²) < 4.78 is 1.02. The number of carbonyl (C=O) groups is 1. The molecule has 4 rings (SSSR count). The van der Waals surface area contributed by atoms with E-state index in [2.05, 4.69) is 29.0 Å². The molecular weight excluding hydrogens is 390 g/mol. The van der Waals surface area contributed by atoms with Gasteiger partial charge in [0.05, 0.1) is 10.4 Å². The number of thiophene rings is 1. The zero-order chi connectivity index (χ0) is 19.7. The average molecular weight is 416 g/mol. The third-order valence-corrected chi connectivity index (χ3v) is 7.26. The Morgan fingerprint density at radius 2 is 2.00 bits per heavy atom. The molecule has 0 saturated carbocycles. The van der Waals surface area contributed by atoms with Gasteiger partial charge in [0.15, 0.2) is 0 Å². The number of carbonyl (C=O) groups excluding carboxylic acids is 1. The fraction of sp³-hybridized carbons (Fsp3) is 0.455. The van der Waals surface area contributed by atoms with Crippen molar-refractivity contribution in [2.45, 2.75) is 51.6 Å². The van der Waals surface area contributed by atoms with Gasteiger partial charge in [-0.25, -0.2) is 4.98 Å². The molecule has 0 spiro atoms. The fourth-order valence-corrected chi connectivity index (χ4v) is 5.66. The van der Waals surface area contributed by atoms with Gasteiger partial charge in [0.25, 0.3) is 5.91 Å². The summed E-state index contributed by atoms with van der Waals surface area (Å²) in [6.45, 7) is 6.35. The van der Waals surface area contributed by atoms with Gasteiger partial charge in [-0.15, -0.1) is 11.3 Å². The zero-order valence-corrected chi connectivity index (χ0v) is 17.9. The van der Waals surface area contributed by atoms with E-state index in [1.807, 2.05) is 30.3 Å². The molecule has 0 bridgehead atoms. The molecule has 3 heterocycles. The Bertz CT molecular complexity index is 992. The number of benzene rings is 1. The van der Waals surface area contributed by atoms with Gasteiger partial charge in [-0.1, -0.05) is 36.2 Å². The second kappa shape index (κ2) is 8.36. The van der Waals surface area contributed by atoms with Crippen molar-refractivity contribution in [1.29, 1.82) is 0 Å². The summed E-state index contributed by atoms with van der Waals surface area (Å²) in [5.74, 6) is -0.0268. The molecule has 3 aromatic rings. The number of pyridine rings is 1. The molecule has 0 aliphatic carbocycles.